The third-order valence-electron chi connectivity index (χ3n) is 1.65. The molecule has 0 aliphatic rings. The molecule has 0 unspecified atom stereocenters. The van der Waals surface area contributed by atoms with Crippen molar-refractivity contribution in [2.24, 2.45) is 5.84 Å². The lowest BCUT2D eigenvalue weighted by molar-refractivity contribution is 0.476. The Morgan fingerprint density at radius 3 is 2.73 bits per heavy atom. The quantitative estimate of drug-likeness (QED) is 0.339. The molecule has 0 amide bonds. The number of aromatic hydroxyl groups is 1. The molecule has 0 atom stereocenters. The molecular formula is C8H12N2O. The molecule has 0 bridgehead atoms. The lowest BCUT2D eigenvalue weighted by Crippen LogP contribution is -2.08. The van der Waals surface area contributed by atoms with Gasteiger partial charge < -0.3 is 10.5 Å². The van der Waals surface area contributed by atoms with E-state index < -0.39 is 0 Å². The second-order valence-corrected chi connectivity index (χ2v) is 2.31. The number of hydrogen-bond donors (Lipinski definition) is 3. The Morgan fingerprint density at radius 2 is 2.27 bits per heavy atom. The molecule has 0 fully saturated rings. The lowest BCUT2D eigenvalue weighted by Gasteiger charge is -2.07. The van der Waals surface area contributed by atoms with Crippen LogP contribution in [0, 0.1) is 0 Å². The number of anilines is 1. The highest BCUT2D eigenvalue weighted by molar-refractivity contribution is 5.60. The molecule has 0 aromatic heterocycles. The molecule has 60 valence electrons. The minimum absolute atomic E-state index is 0.201. The zero-order chi connectivity index (χ0) is 8.27. The molecule has 0 heterocycles. The topological polar surface area (TPSA) is 58.3 Å². The van der Waals surface area contributed by atoms with Crippen molar-refractivity contribution in [3.63, 3.8) is 0 Å². The van der Waals surface area contributed by atoms with E-state index in [4.69, 9.17) is 5.84 Å². The molecule has 1 aromatic rings. The molecule has 11 heavy (non-hydrogen) atoms. The third kappa shape index (κ3) is 1.43. The van der Waals surface area contributed by atoms with Gasteiger partial charge >= 0.3 is 0 Å². The number of para-hydroxylation sites is 1. The number of nitrogen functional groups attached to an aromatic ring is 1. The Labute approximate surface area is 65.8 Å². The summed E-state index contributed by atoms with van der Waals surface area (Å²) in [4.78, 5) is 0. The van der Waals surface area contributed by atoms with Crippen molar-refractivity contribution in [1.82, 2.24) is 0 Å². The largest absolute Gasteiger partial charge is 0.506 e. The van der Waals surface area contributed by atoms with Crippen molar-refractivity contribution < 1.29 is 5.11 Å². The van der Waals surface area contributed by atoms with Crippen LogP contribution >= 0.6 is 0 Å². The first-order valence-electron chi connectivity index (χ1n) is 3.57. The maximum atomic E-state index is 9.28. The summed E-state index contributed by atoms with van der Waals surface area (Å²) in [5.74, 6) is 5.42. The van der Waals surface area contributed by atoms with E-state index in [1.165, 1.54) is 0 Å². The Hall–Kier alpha value is -1.22. The predicted octanol–water partition coefficient (Wildman–Crippen LogP) is 1.24. The molecule has 3 nitrogen and oxygen atoms in total. The summed E-state index contributed by atoms with van der Waals surface area (Å²) in [6, 6.07) is 5.33. The van der Waals surface area contributed by atoms with E-state index in [2.05, 4.69) is 5.43 Å². The van der Waals surface area contributed by atoms with Crippen LogP contribution < -0.4 is 11.3 Å². The van der Waals surface area contributed by atoms with Gasteiger partial charge in [0.2, 0.25) is 0 Å². The van der Waals surface area contributed by atoms with Crippen molar-refractivity contribution in [2.75, 3.05) is 5.43 Å². The van der Waals surface area contributed by atoms with Crippen LogP contribution in [0.2, 0.25) is 0 Å². The SMILES string of the molecule is CCc1cccc(O)c1NN. The van der Waals surface area contributed by atoms with Gasteiger partial charge in [0.1, 0.15) is 5.75 Å². The van der Waals surface area contributed by atoms with E-state index in [1.54, 1.807) is 12.1 Å². The summed E-state index contributed by atoms with van der Waals surface area (Å²) < 4.78 is 0. The molecule has 1 rings (SSSR count). The van der Waals surface area contributed by atoms with Crippen LogP contribution in [0.4, 0.5) is 5.69 Å². The van der Waals surface area contributed by atoms with Crippen molar-refractivity contribution >= 4 is 5.69 Å². The highest BCUT2D eigenvalue weighted by Gasteiger charge is 2.02. The number of hydrazine groups is 1. The summed E-state index contributed by atoms with van der Waals surface area (Å²) in [6.45, 7) is 2.01. The number of hydrogen-bond acceptors (Lipinski definition) is 3. The van der Waals surface area contributed by atoms with E-state index in [-0.39, 0.29) is 5.75 Å². The normalized spacial score (nSPS) is 9.64. The zero-order valence-electron chi connectivity index (χ0n) is 6.46. The smallest absolute Gasteiger partial charge is 0.140 e. The van der Waals surface area contributed by atoms with E-state index in [1.807, 2.05) is 13.0 Å². The molecule has 4 N–H and O–H groups in total. The predicted molar refractivity (Wildman–Crippen MR) is 45.3 cm³/mol. The van der Waals surface area contributed by atoms with E-state index in [0.29, 0.717) is 5.69 Å². The molecule has 0 aliphatic carbocycles. The van der Waals surface area contributed by atoms with Crippen LogP contribution in [0.1, 0.15) is 12.5 Å². The van der Waals surface area contributed by atoms with Crippen molar-refractivity contribution in [1.29, 1.82) is 0 Å². The highest BCUT2D eigenvalue weighted by Crippen LogP contribution is 2.25. The van der Waals surface area contributed by atoms with Gasteiger partial charge in [0, 0.05) is 0 Å². The average Bonchev–Trinajstić information content (AvgIpc) is 2.04. The summed E-state index contributed by atoms with van der Waals surface area (Å²) in [6.07, 6.45) is 0.855. The molecular weight excluding hydrogens is 140 g/mol. The fourth-order valence-electron chi connectivity index (χ4n) is 1.05. The number of nitrogens with two attached hydrogens (primary N) is 1. The minimum Gasteiger partial charge on any atom is -0.506 e. The van der Waals surface area contributed by atoms with Crippen LogP contribution in [0.15, 0.2) is 18.2 Å². The highest BCUT2D eigenvalue weighted by atomic mass is 16.3. The van der Waals surface area contributed by atoms with Crippen LogP contribution in [-0.4, -0.2) is 5.11 Å². The van der Waals surface area contributed by atoms with E-state index >= 15 is 0 Å². The second kappa shape index (κ2) is 3.25. The number of benzene rings is 1. The van der Waals surface area contributed by atoms with Crippen LogP contribution in [-0.2, 0) is 6.42 Å². The number of aryl methyl sites for hydroxylation is 1. The molecule has 1 aromatic carbocycles. The van der Waals surface area contributed by atoms with Gasteiger partial charge in [-0.25, -0.2) is 0 Å². The summed E-state index contributed by atoms with van der Waals surface area (Å²) in [5.41, 5.74) is 4.11. The van der Waals surface area contributed by atoms with Gasteiger partial charge in [0.05, 0.1) is 5.69 Å². The van der Waals surface area contributed by atoms with Gasteiger partial charge in [-0.2, -0.15) is 0 Å². The first-order valence-corrected chi connectivity index (χ1v) is 3.57. The molecule has 0 saturated heterocycles. The van der Waals surface area contributed by atoms with Gasteiger partial charge in [-0.3, -0.25) is 5.84 Å². The van der Waals surface area contributed by atoms with E-state index in [0.717, 1.165) is 12.0 Å². The average molecular weight is 152 g/mol. The molecule has 0 saturated carbocycles. The van der Waals surface area contributed by atoms with E-state index in [9.17, 15) is 5.11 Å². The maximum absolute atomic E-state index is 9.28. The summed E-state index contributed by atoms with van der Waals surface area (Å²) in [7, 11) is 0. The zero-order valence-corrected chi connectivity index (χ0v) is 6.46. The van der Waals surface area contributed by atoms with Crippen molar-refractivity contribution in [2.45, 2.75) is 13.3 Å². The second-order valence-electron chi connectivity index (χ2n) is 2.31. The number of phenolic OH excluding ortho intramolecular Hbond substituents is 1. The summed E-state index contributed by atoms with van der Waals surface area (Å²) in [5, 5.41) is 9.28. The Bertz CT molecular complexity index is 248. The molecule has 0 radical (unpaired) electrons. The van der Waals surface area contributed by atoms with Crippen LogP contribution in [0.5, 0.6) is 5.75 Å². The number of nitrogens with one attached hydrogen (secondary N) is 1. The minimum atomic E-state index is 0.201. The Kier molecular flexibility index (Phi) is 2.33. The lowest BCUT2D eigenvalue weighted by atomic mass is 10.1. The molecule has 0 spiro atoms. The molecule has 3 heteroatoms. The number of phenols is 1. The van der Waals surface area contributed by atoms with Gasteiger partial charge in [-0.05, 0) is 18.1 Å². The fourth-order valence-corrected chi connectivity index (χ4v) is 1.05. The molecule has 0 aliphatic heterocycles. The van der Waals surface area contributed by atoms with Gasteiger partial charge in [-0.1, -0.05) is 19.1 Å². The van der Waals surface area contributed by atoms with Gasteiger partial charge in [0.15, 0.2) is 0 Å². The van der Waals surface area contributed by atoms with Crippen LogP contribution in [0.3, 0.4) is 0 Å². The van der Waals surface area contributed by atoms with Gasteiger partial charge in [-0.15, -0.1) is 0 Å². The third-order valence-corrected chi connectivity index (χ3v) is 1.65. The Morgan fingerprint density at radius 1 is 1.55 bits per heavy atom. The summed E-state index contributed by atoms with van der Waals surface area (Å²) >= 11 is 0. The first-order chi connectivity index (χ1) is 5.29. The standard InChI is InChI=1S/C8H12N2O/c1-2-6-4-3-5-7(11)8(6)10-9/h3-5,10-11H,2,9H2,1H3. The van der Waals surface area contributed by atoms with Gasteiger partial charge in [0.25, 0.3) is 0 Å². The fraction of sp³-hybridized carbons (Fsp3) is 0.250. The monoisotopic (exact) mass is 152 g/mol. The number of rotatable bonds is 2. The Balaban J connectivity index is 3.13. The maximum Gasteiger partial charge on any atom is 0.140 e. The van der Waals surface area contributed by atoms with Crippen LogP contribution in [0.25, 0.3) is 0 Å². The first kappa shape index (κ1) is 7.88. The van der Waals surface area contributed by atoms with Crippen molar-refractivity contribution in [3.05, 3.63) is 23.8 Å². The van der Waals surface area contributed by atoms with Crippen molar-refractivity contribution in [3.8, 4) is 5.75 Å².